The fourth-order valence-corrected chi connectivity index (χ4v) is 1.12. The molecule has 0 saturated carbocycles. The molecular weight excluding hydrogens is 196 g/mol. The minimum absolute atomic E-state index is 0.190. The predicted molar refractivity (Wildman–Crippen MR) is 56.6 cm³/mol. The van der Waals surface area contributed by atoms with Gasteiger partial charge in [0, 0.05) is 12.6 Å². The van der Waals surface area contributed by atoms with Gasteiger partial charge in [-0.2, -0.15) is 4.98 Å². The van der Waals surface area contributed by atoms with Crippen molar-refractivity contribution in [3.63, 3.8) is 0 Å². The molecular formula is C9H16N4O2. The monoisotopic (exact) mass is 212 g/mol. The number of nitrogens with two attached hydrogens (primary N) is 2. The van der Waals surface area contributed by atoms with Crippen LogP contribution < -0.4 is 16.4 Å². The number of carbonyl (C=O) groups excluding carboxylic acids is 1. The molecule has 0 aromatic carbocycles. The van der Waals surface area contributed by atoms with Crippen molar-refractivity contribution in [2.24, 2.45) is 11.5 Å². The predicted octanol–water partition coefficient (Wildman–Crippen LogP) is 0.524. The van der Waals surface area contributed by atoms with Crippen molar-refractivity contribution in [1.82, 2.24) is 4.98 Å². The van der Waals surface area contributed by atoms with E-state index in [9.17, 15) is 4.79 Å². The normalized spacial score (nSPS) is 12.5. The Labute approximate surface area is 88.2 Å². The highest BCUT2D eigenvalue weighted by Crippen LogP contribution is 2.17. The summed E-state index contributed by atoms with van der Waals surface area (Å²) in [6.45, 7) is 5.64. The summed E-state index contributed by atoms with van der Waals surface area (Å²) in [5, 5.41) is 0. The van der Waals surface area contributed by atoms with E-state index in [2.05, 4.69) is 4.98 Å². The van der Waals surface area contributed by atoms with Gasteiger partial charge in [-0.15, -0.1) is 0 Å². The van der Waals surface area contributed by atoms with E-state index in [1.807, 2.05) is 0 Å². The van der Waals surface area contributed by atoms with Gasteiger partial charge in [-0.3, -0.25) is 0 Å². The summed E-state index contributed by atoms with van der Waals surface area (Å²) in [5.74, 6) is 0.668. The minimum atomic E-state index is -0.617. The first-order valence-electron chi connectivity index (χ1n) is 4.68. The van der Waals surface area contributed by atoms with Crippen molar-refractivity contribution >= 4 is 12.0 Å². The van der Waals surface area contributed by atoms with Crippen LogP contribution in [0.4, 0.5) is 10.8 Å². The van der Waals surface area contributed by atoms with Crippen molar-refractivity contribution in [1.29, 1.82) is 0 Å². The maximum Gasteiger partial charge on any atom is 0.322 e. The zero-order valence-corrected chi connectivity index (χ0v) is 9.15. The van der Waals surface area contributed by atoms with E-state index in [0.29, 0.717) is 5.76 Å². The smallest absolute Gasteiger partial charge is 0.322 e. The molecule has 1 aromatic rings. The quantitative estimate of drug-likeness (QED) is 0.763. The summed E-state index contributed by atoms with van der Waals surface area (Å²) in [6.07, 6.45) is 0. The maximum atomic E-state index is 11.1. The van der Waals surface area contributed by atoms with Gasteiger partial charge in [0.2, 0.25) is 0 Å². The van der Waals surface area contributed by atoms with Gasteiger partial charge >= 0.3 is 12.0 Å². The highest BCUT2D eigenvalue weighted by molar-refractivity contribution is 5.88. The first kappa shape index (κ1) is 11.5. The Balaban J connectivity index is 2.94. The molecule has 0 bridgehead atoms. The number of aromatic nitrogens is 1. The first-order chi connectivity index (χ1) is 6.91. The Morgan fingerprint density at radius 1 is 1.60 bits per heavy atom. The number of urea groups is 1. The summed E-state index contributed by atoms with van der Waals surface area (Å²) in [7, 11) is 0. The van der Waals surface area contributed by atoms with Gasteiger partial charge in [-0.25, -0.2) is 9.69 Å². The van der Waals surface area contributed by atoms with Crippen LogP contribution in [0.2, 0.25) is 0 Å². The van der Waals surface area contributed by atoms with Crippen LogP contribution in [0.3, 0.4) is 0 Å². The van der Waals surface area contributed by atoms with Crippen LogP contribution in [0.15, 0.2) is 4.42 Å². The van der Waals surface area contributed by atoms with Gasteiger partial charge in [0.05, 0.1) is 5.69 Å². The van der Waals surface area contributed by atoms with Crippen molar-refractivity contribution < 1.29 is 9.21 Å². The molecule has 0 aliphatic rings. The van der Waals surface area contributed by atoms with E-state index in [0.717, 1.165) is 5.69 Å². The largest absolute Gasteiger partial charge is 0.428 e. The average Bonchev–Trinajstić information content (AvgIpc) is 2.42. The molecule has 2 amide bonds. The Hall–Kier alpha value is -1.56. The number of carbonyl (C=O) groups is 1. The molecule has 0 aliphatic heterocycles. The summed E-state index contributed by atoms with van der Waals surface area (Å²) in [5.41, 5.74) is 11.5. The van der Waals surface area contributed by atoms with Crippen LogP contribution in [0, 0.1) is 13.8 Å². The summed E-state index contributed by atoms with van der Waals surface area (Å²) in [6, 6.07) is -0.603. The molecule has 84 valence electrons. The molecule has 0 fully saturated rings. The molecule has 1 aromatic heterocycles. The Morgan fingerprint density at radius 2 is 2.20 bits per heavy atom. The standard InChI is InChI=1S/C9H16N4O2/c1-5(10)4-13(8(11)14)9-12-6(2)7(3)15-9/h5H,4,10H2,1-3H3,(H2,11,14). The lowest BCUT2D eigenvalue weighted by Crippen LogP contribution is -2.43. The third-order valence-electron chi connectivity index (χ3n) is 1.98. The third-order valence-corrected chi connectivity index (χ3v) is 1.98. The Morgan fingerprint density at radius 3 is 2.53 bits per heavy atom. The number of hydrogen-bond acceptors (Lipinski definition) is 4. The van der Waals surface area contributed by atoms with Crippen molar-refractivity contribution in [2.45, 2.75) is 26.8 Å². The van der Waals surface area contributed by atoms with Crippen molar-refractivity contribution in [2.75, 3.05) is 11.4 Å². The number of primary amides is 1. The summed E-state index contributed by atoms with van der Waals surface area (Å²) in [4.78, 5) is 16.5. The fourth-order valence-electron chi connectivity index (χ4n) is 1.12. The molecule has 0 spiro atoms. The fraction of sp³-hybridized carbons (Fsp3) is 0.556. The zero-order chi connectivity index (χ0) is 11.6. The van der Waals surface area contributed by atoms with Gasteiger partial charge in [0.25, 0.3) is 0 Å². The second-order valence-electron chi connectivity index (χ2n) is 3.56. The van der Waals surface area contributed by atoms with E-state index in [4.69, 9.17) is 15.9 Å². The number of rotatable bonds is 3. The molecule has 0 aliphatic carbocycles. The van der Waals surface area contributed by atoms with E-state index >= 15 is 0 Å². The van der Waals surface area contributed by atoms with Gasteiger partial charge in [-0.1, -0.05) is 0 Å². The highest BCUT2D eigenvalue weighted by Gasteiger charge is 2.20. The number of aryl methyl sites for hydroxylation is 2. The van der Waals surface area contributed by atoms with Crippen LogP contribution in [0.25, 0.3) is 0 Å². The topological polar surface area (TPSA) is 98.4 Å². The number of anilines is 1. The molecule has 15 heavy (non-hydrogen) atoms. The highest BCUT2D eigenvalue weighted by atomic mass is 16.4. The van der Waals surface area contributed by atoms with Gasteiger partial charge < -0.3 is 15.9 Å². The van der Waals surface area contributed by atoms with Crippen LogP contribution in [-0.4, -0.2) is 23.6 Å². The first-order valence-corrected chi connectivity index (χ1v) is 4.68. The molecule has 6 heteroatoms. The van der Waals surface area contributed by atoms with E-state index < -0.39 is 6.03 Å². The van der Waals surface area contributed by atoms with E-state index in [-0.39, 0.29) is 18.6 Å². The second-order valence-corrected chi connectivity index (χ2v) is 3.56. The maximum absolute atomic E-state index is 11.1. The number of nitrogens with zero attached hydrogens (tertiary/aromatic N) is 2. The number of amides is 2. The van der Waals surface area contributed by atoms with Crippen molar-refractivity contribution in [3.05, 3.63) is 11.5 Å². The minimum Gasteiger partial charge on any atom is -0.428 e. The molecule has 1 unspecified atom stereocenters. The lowest BCUT2D eigenvalue weighted by molar-refractivity contribution is 0.252. The molecule has 4 N–H and O–H groups in total. The van der Waals surface area contributed by atoms with Gasteiger partial charge in [0.15, 0.2) is 0 Å². The van der Waals surface area contributed by atoms with Crippen LogP contribution in [0.1, 0.15) is 18.4 Å². The Bertz CT molecular complexity index is 339. The van der Waals surface area contributed by atoms with Gasteiger partial charge in [-0.05, 0) is 20.8 Å². The zero-order valence-electron chi connectivity index (χ0n) is 9.15. The van der Waals surface area contributed by atoms with Crippen LogP contribution >= 0.6 is 0 Å². The van der Waals surface area contributed by atoms with E-state index in [1.165, 1.54) is 4.90 Å². The number of oxazole rings is 1. The lowest BCUT2D eigenvalue weighted by atomic mass is 10.3. The Kier molecular flexibility index (Phi) is 3.31. The average molecular weight is 212 g/mol. The van der Waals surface area contributed by atoms with Crippen LogP contribution in [-0.2, 0) is 0 Å². The van der Waals surface area contributed by atoms with Gasteiger partial charge in [0.1, 0.15) is 5.76 Å². The molecule has 0 saturated heterocycles. The molecule has 6 nitrogen and oxygen atoms in total. The lowest BCUT2D eigenvalue weighted by Gasteiger charge is -2.17. The summed E-state index contributed by atoms with van der Waals surface area (Å²) < 4.78 is 5.30. The molecule has 1 atom stereocenters. The van der Waals surface area contributed by atoms with Crippen LogP contribution in [0.5, 0.6) is 0 Å². The molecule has 1 rings (SSSR count). The summed E-state index contributed by atoms with van der Waals surface area (Å²) >= 11 is 0. The molecule has 0 radical (unpaired) electrons. The second kappa shape index (κ2) is 4.31. The van der Waals surface area contributed by atoms with E-state index in [1.54, 1.807) is 20.8 Å². The molecule has 1 heterocycles. The number of hydrogen-bond donors (Lipinski definition) is 2. The third kappa shape index (κ3) is 2.69. The van der Waals surface area contributed by atoms with Crippen molar-refractivity contribution in [3.8, 4) is 0 Å². The SMILES string of the molecule is Cc1nc(N(CC(C)N)C(N)=O)oc1C.